The van der Waals surface area contributed by atoms with Crippen molar-refractivity contribution in [3.63, 3.8) is 0 Å². The van der Waals surface area contributed by atoms with Crippen LogP contribution < -0.4 is 5.73 Å². The largest absolute Gasteiger partial charge is 0.369 e. The number of rotatable bonds is 6. The Labute approximate surface area is 147 Å². The molecule has 3 aromatic rings. The van der Waals surface area contributed by atoms with E-state index in [1.54, 1.807) is 12.5 Å². The Morgan fingerprint density at radius 3 is 2.69 bits per heavy atom. The van der Waals surface area contributed by atoms with Crippen LogP contribution in [0.5, 0.6) is 0 Å². The molecular weight excluding hydrogens is 342 g/mol. The molecule has 1 fully saturated rings. The number of benzene rings is 1. The molecule has 1 aliphatic rings. The molecule has 1 amide bonds. The van der Waals surface area contributed by atoms with Crippen LogP contribution in [0.1, 0.15) is 24.5 Å². The van der Waals surface area contributed by atoms with Gasteiger partial charge >= 0.3 is 0 Å². The van der Waals surface area contributed by atoms with Crippen molar-refractivity contribution in [3.05, 3.63) is 60.2 Å². The van der Waals surface area contributed by atoms with Crippen molar-refractivity contribution in [2.24, 2.45) is 5.73 Å². The summed E-state index contributed by atoms with van der Waals surface area (Å²) in [6, 6.07) is 3.53. The van der Waals surface area contributed by atoms with Crippen LogP contribution in [0, 0.1) is 11.6 Å². The SMILES string of the molecule is NC(=O)Cc1nc(C2(Cn3ccnc3)CC2)n(-c2ccc(F)c(F)c2)n1. The van der Waals surface area contributed by atoms with Gasteiger partial charge in [0.15, 0.2) is 17.5 Å². The quantitative estimate of drug-likeness (QED) is 0.723. The molecule has 26 heavy (non-hydrogen) atoms. The Kier molecular flexibility index (Phi) is 3.78. The van der Waals surface area contributed by atoms with Crippen LogP contribution in [0.25, 0.3) is 5.69 Å². The van der Waals surface area contributed by atoms with Crippen LogP contribution in [-0.4, -0.2) is 30.2 Å². The Morgan fingerprint density at radius 1 is 1.27 bits per heavy atom. The molecule has 2 heterocycles. The predicted molar refractivity (Wildman–Crippen MR) is 87.3 cm³/mol. The lowest BCUT2D eigenvalue weighted by Crippen LogP contribution is -2.20. The average molecular weight is 358 g/mol. The number of hydrogen-bond acceptors (Lipinski definition) is 4. The highest BCUT2D eigenvalue weighted by atomic mass is 19.2. The maximum atomic E-state index is 13.7. The third-order valence-electron chi connectivity index (χ3n) is 4.50. The summed E-state index contributed by atoms with van der Waals surface area (Å²) in [6.07, 6.45) is 6.86. The predicted octanol–water partition coefficient (Wildman–Crippen LogP) is 1.50. The van der Waals surface area contributed by atoms with Crippen LogP contribution in [0.2, 0.25) is 0 Å². The van der Waals surface area contributed by atoms with Gasteiger partial charge in [-0.25, -0.2) is 23.4 Å². The van der Waals surface area contributed by atoms with Crippen molar-refractivity contribution < 1.29 is 13.6 Å². The number of aromatic nitrogens is 5. The zero-order chi connectivity index (χ0) is 18.3. The minimum Gasteiger partial charge on any atom is -0.369 e. The molecule has 9 heteroatoms. The Balaban J connectivity index is 1.78. The van der Waals surface area contributed by atoms with E-state index in [0.29, 0.717) is 18.1 Å². The highest BCUT2D eigenvalue weighted by Gasteiger charge is 2.49. The van der Waals surface area contributed by atoms with Gasteiger partial charge in [0.05, 0.1) is 18.4 Å². The summed E-state index contributed by atoms with van der Waals surface area (Å²) in [6.45, 7) is 0.630. The fraction of sp³-hybridized carbons (Fsp3) is 0.294. The molecule has 4 rings (SSSR count). The number of hydrogen-bond donors (Lipinski definition) is 1. The molecule has 1 aliphatic carbocycles. The summed E-state index contributed by atoms with van der Waals surface area (Å²) < 4.78 is 30.4. The van der Waals surface area contributed by atoms with Gasteiger partial charge in [-0.1, -0.05) is 0 Å². The molecule has 0 bridgehead atoms. The molecule has 2 aromatic heterocycles. The number of halogens is 2. The zero-order valence-corrected chi connectivity index (χ0v) is 13.8. The van der Waals surface area contributed by atoms with Crippen molar-refractivity contribution in [1.82, 2.24) is 24.3 Å². The van der Waals surface area contributed by atoms with Crippen molar-refractivity contribution >= 4 is 5.91 Å². The van der Waals surface area contributed by atoms with E-state index in [1.165, 1.54) is 10.7 Å². The second-order valence-corrected chi connectivity index (χ2v) is 6.52. The molecule has 7 nitrogen and oxygen atoms in total. The van der Waals surface area contributed by atoms with Crippen LogP contribution in [0.3, 0.4) is 0 Å². The van der Waals surface area contributed by atoms with Gasteiger partial charge in [-0.05, 0) is 25.0 Å². The first-order valence-electron chi connectivity index (χ1n) is 8.13. The number of nitrogens with two attached hydrogens (primary N) is 1. The van der Waals surface area contributed by atoms with E-state index in [4.69, 9.17) is 5.73 Å². The molecule has 0 unspecified atom stereocenters. The summed E-state index contributed by atoms with van der Waals surface area (Å²) >= 11 is 0. The Morgan fingerprint density at radius 2 is 2.08 bits per heavy atom. The highest BCUT2D eigenvalue weighted by molar-refractivity contribution is 5.75. The summed E-state index contributed by atoms with van der Waals surface area (Å²) in [7, 11) is 0. The Hall–Kier alpha value is -3.10. The second-order valence-electron chi connectivity index (χ2n) is 6.52. The third kappa shape index (κ3) is 2.96. The van der Waals surface area contributed by atoms with Gasteiger partial charge in [0.2, 0.25) is 5.91 Å². The average Bonchev–Trinajstić information content (AvgIpc) is 2.99. The maximum absolute atomic E-state index is 13.7. The second kappa shape index (κ2) is 6.01. The minimum atomic E-state index is -0.972. The number of nitrogens with zero attached hydrogens (tertiary/aromatic N) is 5. The topological polar surface area (TPSA) is 91.6 Å². The number of carbonyl (C=O) groups excluding carboxylic acids is 1. The maximum Gasteiger partial charge on any atom is 0.225 e. The van der Waals surface area contributed by atoms with Gasteiger partial charge < -0.3 is 10.3 Å². The monoisotopic (exact) mass is 358 g/mol. The molecule has 0 saturated heterocycles. The van der Waals surface area contributed by atoms with Gasteiger partial charge in [-0.2, -0.15) is 5.10 Å². The van der Waals surface area contributed by atoms with E-state index in [1.807, 2.05) is 10.8 Å². The lowest BCUT2D eigenvalue weighted by Gasteiger charge is -2.16. The molecule has 0 spiro atoms. The molecule has 134 valence electrons. The summed E-state index contributed by atoms with van der Waals surface area (Å²) in [4.78, 5) is 19.8. The number of carbonyl (C=O) groups is 1. The molecule has 0 atom stereocenters. The molecule has 1 saturated carbocycles. The third-order valence-corrected chi connectivity index (χ3v) is 4.50. The number of primary amides is 1. The van der Waals surface area contributed by atoms with Crippen molar-refractivity contribution in [3.8, 4) is 5.69 Å². The first-order valence-corrected chi connectivity index (χ1v) is 8.13. The van der Waals surface area contributed by atoms with E-state index < -0.39 is 17.5 Å². The number of imidazole rings is 1. The lowest BCUT2D eigenvalue weighted by molar-refractivity contribution is -0.117. The first kappa shape index (κ1) is 16.4. The fourth-order valence-corrected chi connectivity index (χ4v) is 3.06. The van der Waals surface area contributed by atoms with Crippen molar-refractivity contribution in [2.75, 3.05) is 0 Å². The molecule has 0 aliphatic heterocycles. The Bertz CT molecular complexity index is 962. The highest BCUT2D eigenvalue weighted by Crippen LogP contribution is 2.49. The lowest BCUT2D eigenvalue weighted by atomic mass is 10.1. The van der Waals surface area contributed by atoms with Gasteiger partial charge in [0, 0.05) is 30.4 Å². The molecular formula is C17H16F2N6O. The van der Waals surface area contributed by atoms with E-state index in [0.717, 1.165) is 25.0 Å². The number of amides is 1. The fourth-order valence-electron chi connectivity index (χ4n) is 3.06. The van der Waals surface area contributed by atoms with Gasteiger partial charge in [-0.3, -0.25) is 4.79 Å². The van der Waals surface area contributed by atoms with E-state index in [9.17, 15) is 13.6 Å². The summed E-state index contributed by atoms with van der Waals surface area (Å²) in [5.41, 5.74) is 5.30. The summed E-state index contributed by atoms with van der Waals surface area (Å²) in [5.74, 6) is -1.60. The van der Waals surface area contributed by atoms with Crippen LogP contribution in [-0.2, 0) is 23.2 Å². The zero-order valence-electron chi connectivity index (χ0n) is 13.8. The normalized spacial score (nSPS) is 15.2. The molecule has 2 N–H and O–H groups in total. The minimum absolute atomic E-state index is 0.120. The molecule has 1 aromatic carbocycles. The van der Waals surface area contributed by atoms with Gasteiger partial charge in [-0.15, -0.1) is 0 Å². The van der Waals surface area contributed by atoms with Crippen LogP contribution in [0.15, 0.2) is 36.9 Å². The van der Waals surface area contributed by atoms with Gasteiger partial charge in [0.25, 0.3) is 0 Å². The van der Waals surface area contributed by atoms with Crippen LogP contribution in [0.4, 0.5) is 8.78 Å². The van der Waals surface area contributed by atoms with E-state index in [2.05, 4.69) is 15.1 Å². The molecule has 0 radical (unpaired) electrons. The van der Waals surface area contributed by atoms with Crippen LogP contribution >= 0.6 is 0 Å². The smallest absolute Gasteiger partial charge is 0.225 e. The van der Waals surface area contributed by atoms with Crippen molar-refractivity contribution in [2.45, 2.75) is 31.2 Å². The van der Waals surface area contributed by atoms with Gasteiger partial charge in [0.1, 0.15) is 5.82 Å². The van der Waals surface area contributed by atoms with E-state index >= 15 is 0 Å². The standard InChI is InChI=1S/C17H16F2N6O/c18-12-2-1-11(7-13(12)19)25-16(22-15(23-25)8-14(20)26)17(3-4-17)9-24-6-5-21-10-24/h1-2,5-7,10H,3-4,8-9H2,(H2,20,26). The van der Waals surface area contributed by atoms with Crippen molar-refractivity contribution in [1.29, 1.82) is 0 Å². The first-order chi connectivity index (χ1) is 12.5. The van der Waals surface area contributed by atoms with E-state index in [-0.39, 0.29) is 17.7 Å². The summed E-state index contributed by atoms with van der Waals surface area (Å²) in [5, 5.41) is 4.32.